The van der Waals surface area contributed by atoms with E-state index in [-0.39, 0.29) is 16.7 Å². The Morgan fingerprint density at radius 2 is 0.756 bits per heavy atom. The van der Waals surface area contributed by atoms with Gasteiger partial charge in [-0.3, -0.25) is 38.7 Å². The van der Waals surface area contributed by atoms with Gasteiger partial charge in [0, 0.05) is 12.4 Å². The summed E-state index contributed by atoms with van der Waals surface area (Å²) in [7, 11) is 0. The van der Waals surface area contributed by atoms with Gasteiger partial charge in [0.05, 0.1) is 39.5 Å². The standard InChI is InChI=1S/C33H17N3O9/c37-25-18(26(38)31(25)43)4-1-15-7-9-34-21(11-15)23-13-17(3-6-20-29(41)33(45)30(20)42)14-24(36-23)22-12-16(8-10-35-22)2-5-19-27(39)32(44)28(19)40/h1-14,37,39,41H/b4-1+,5-2+,6-3+. The second kappa shape index (κ2) is 10.9. The number of rotatable bonds is 8. The van der Waals surface area contributed by atoms with Crippen LogP contribution >= 0.6 is 0 Å². The van der Waals surface area contributed by atoms with Crippen molar-refractivity contribution in [1.29, 1.82) is 0 Å². The van der Waals surface area contributed by atoms with E-state index in [1.807, 2.05) is 0 Å². The third kappa shape index (κ3) is 5.02. The second-order valence-electron chi connectivity index (χ2n) is 9.88. The topological polar surface area (TPSA) is 202 Å². The van der Waals surface area contributed by atoms with E-state index in [1.54, 1.807) is 36.4 Å². The summed E-state index contributed by atoms with van der Waals surface area (Å²) >= 11 is 0. The van der Waals surface area contributed by atoms with Crippen LogP contribution in [-0.2, 0) is 0 Å². The molecule has 3 N–H and O–H groups in total. The Hall–Kier alpha value is -6.69. The van der Waals surface area contributed by atoms with Crippen LogP contribution in [0, 0.1) is 0 Å². The summed E-state index contributed by atoms with van der Waals surface area (Å²) in [6, 6.07) is 9.83. The first kappa shape index (κ1) is 28.4. The maximum atomic E-state index is 11.9. The third-order valence-electron chi connectivity index (χ3n) is 7.03. The molecule has 0 spiro atoms. The highest BCUT2D eigenvalue weighted by Gasteiger charge is 2.19. The predicted molar refractivity (Wildman–Crippen MR) is 167 cm³/mol. The molecule has 6 aromatic rings. The lowest BCUT2D eigenvalue weighted by molar-refractivity contribution is 0.461. The summed E-state index contributed by atoms with van der Waals surface area (Å²) in [5, 5.41) is 29.0. The molecule has 0 aliphatic rings. The lowest BCUT2D eigenvalue weighted by Gasteiger charge is -2.09. The molecular formula is C33H17N3O9. The smallest absolute Gasteiger partial charge is 0.268 e. The Morgan fingerprint density at radius 3 is 1.11 bits per heavy atom. The van der Waals surface area contributed by atoms with Crippen LogP contribution in [0.25, 0.3) is 59.2 Å². The normalized spacial score (nSPS) is 12.1. The number of pyridine rings is 3. The zero-order chi connectivity index (χ0) is 32.0. The molecule has 218 valence electrons. The first-order chi connectivity index (χ1) is 21.5. The maximum absolute atomic E-state index is 11.9. The van der Waals surface area contributed by atoms with Crippen LogP contribution < -0.4 is 32.6 Å². The van der Waals surface area contributed by atoms with Crippen LogP contribution in [0.15, 0.2) is 77.6 Å². The zero-order valence-corrected chi connectivity index (χ0v) is 22.7. The van der Waals surface area contributed by atoms with Crippen LogP contribution in [0.1, 0.15) is 33.4 Å². The highest BCUT2D eigenvalue weighted by atomic mass is 16.3. The van der Waals surface area contributed by atoms with Crippen LogP contribution in [0.5, 0.6) is 17.2 Å². The van der Waals surface area contributed by atoms with Crippen LogP contribution in [0.4, 0.5) is 0 Å². The first-order valence-electron chi connectivity index (χ1n) is 13.1. The molecule has 3 aromatic heterocycles. The molecule has 3 heterocycles. The van der Waals surface area contributed by atoms with Gasteiger partial charge in [-0.2, -0.15) is 0 Å². The Kier molecular flexibility index (Phi) is 6.86. The van der Waals surface area contributed by atoms with Gasteiger partial charge in [0.15, 0.2) is 17.2 Å². The van der Waals surface area contributed by atoms with Crippen LogP contribution in [0.3, 0.4) is 0 Å². The van der Waals surface area contributed by atoms with Crippen molar-refractivity contribution < 1.29 is 15.3 Å². The quantitative estimate of drug-likeness (QED) is 0.214. The molecule has 0 unspecified atom stereocenters. The van der Waals surface area contributed by atoms with Crippen molar-refractivity contribution in [3.63, 3.8) is 0 Å². The fourth-order valence-electron chi connectivity index (χ4n) is 4.49. The number of hydrogen-bond donors (Lipinski definition) is 3. The Labute approximate surface area is 250 Å². The lowest BCUT2D eigenvalue weighted by Crippen LogP contribution is -2.32. The van der Waals surface area contributed by atoms with Gasteiger partial charge in [-0.15, -0.1) is 0 Å². The number of aromatic nitrogens is 3. The highest BCUT2D eigenvalue weighted by molar-refractivity contribution is 5.80. The van der Waals surface area contributed by atoms with Gasteiger partial charge in [0.25, 0.3) is 16.3 Å². The van der Waals surface area contributed by atoms with Crippen molar-refractivity contribution in [3.05, 3.63) is 144 Å². The van der Waals surface area contributed by atoms with E-state index in [0.29, 0.717) is 39.5 Å². The minimum Gasteiger partial charge on any atom is -0.504 e. The van der Waals surface area contributed by atoms with Gasteiger partial charge in [0.1, 0.15) is 0 Å². The van der Waals surface area contributed by atoms with Crippen molar-refractivity contribution >= 4 is 36.5 Å². The molecule has 6 rings (SSSR count). The number of hydrogen-bond acceptors (Lipinski definition) is 12. The van der Waals surface area contributed by atoms with Crippen molar-refractivity contribution in [2.45, 2.75) is 0 Å². The molecule has 0 saturated carbocycles. The molecule has 12 nitrogen and oxygen atoms in total. The van der Waals surface area contributed by atoms with Gasteiger partial charge in [-0.1, -0.05) is 18.2 Å². The van der Waals surface area contributed by atoms with E-state index >= 15 is 0 Å². The molecule has 0 radical (unpaired) electrons. The average molecular weight is 600 g/mol. The minimum atomic E-state index is -0.969. The van der Waals surface area contributed by atoms with Gasteiger partial charge in [0.2, 0.25) is 16.3 Å². The van der Waals surface area contributed by atoms with Crippen LogP contribution in [0.2, 0.25) is 0 Å². The highest BCUT2D eigenvalue weighted by Crippen LogP contribution is 2.26. The zero-order valence-electron chi connectivity index (χ0n) is 22.7. The molecule has 0 amide bonds. The molecule has 0 fully saturated rings. The van der Waals surface area contributed by atoms with Gasteiger partial charge in [-0.25, -0.2) is 4.98 Å². The Bertz CT molecular complexity index is 2360. The van der Waals surface area contributed by atoms with Gasteiger partial charge < -0.3 is 15.3 Å². The average Bonchev–Trinajstić information content (AvgIpc) is 3.07. The molecule has 0 bridgehead atoms. The molecular weight excluding hydrogens is 582 g/mol. The van der Waals surface area contributed by atoms with E-state index < -0.39 is 49.8 Å². The largest absolute Gasteiger partial charge is 0.504 e. The molecule has 0 aliphatic heterocycles. The maximum Gasteiger partial charge on any atom is 0.268 e. The van der Waals surface area contributed by atoms with E-state index in [2.05, 4.69) is 15.0 Å². The third-order valence-corrected chi connectivity index (χ3v) is 7.03. The van der Waals surface area contributed by atoms with Crippen LogP contribution in [-0.4, -0.2) is 30.3 Å². The summed E-state index contributed by atoms with van der Waals surface area (Å²) in [6.45, 7) is 0. The molecule has 3 aromatic carbocycles. The fraction of sp³-hybridized carbons (Fsp3) is 0. The first-order valence-corrected chi connectivity index (χ1v) is 13.1. The molecule has 45 heavy (non-hydrogen) atoms. The minimum absolute atomic E-state index is 0.104. The molecule has 0 atom stereocenters. The van der Waals surface area contributed by atoms with E-state index in [9.17, 15) is 44.1 Å². The van der Waals surface area contributed by atoms with E-state index in [1.165, 1.54) is 48.8 Å². The Balaban J connectivity index is 1.40. The van der Waals surface area contributed by atoms with E-state index in [0.717, 1.165) is 0 Å². The number of aromatic hydroxyl groups is 3. The van der Waals surface area contributed by atoms with E-state index in [4.69, 9.17) is 0 Å². The summed E-state index contributed by atoms with van der Waals surface area (Å²) in [5.74, 6) is -1.83. The second-order valence-corrected chi connectivity index (χ2v) is 9.88. The monoisotopic (exact) mass is 599 g/mol. The predicted octanol–water partition coefficient (Wildman–Crippen LogP) is 1.62. The molecule has 0 aliphatic carbocycles. The summed E-state index contributed by atoms with van der Waals surface area (Å²) in [5.41, 5.74) is -2.51. The molecule has 12 heteroatoms. The van der Waals surface area contributed by atoms with Gasteiger partial charge in [-0.05, 0) is 71.3 Å². The fourth-order valence-corrected chi connectivity index (χ4v) is 4.49. The number of nitrogens with zero attached hydrogens (tertiary/aromatic N) is 3. The van der Waals surface area contributed by atoms with Crippen molar-refractivity contribution in [1.82, 2.24) is 15.0 Å². The summed E-state index contributed by atoms with van der Waals surface area (Å²) in [6.07, 6.45) is 11.5. The van der Waals surface area contributed by atoms with Crippen molar-refractivity contribution in [2.75, 3.05) is 0 Å². The lowest BCUT2D eigenvalue weighted by atomic mass is 10.0. The Morgan fingerprint density at radius 1 is 0.422 bits per heavy atom. The summed E-state index contributed by atoms with van der Waals surface area (Å²) in [4.78, 5) is 82.7. The SMILES string of the molecule is O=c1c(O)c(/C=C/c2ccnc(-c3cc(/C=C/c4c(O)c(=O)c4=O)cc(-c4cc(/C=C/c5c(O)c(=O)c5=O)ccn4)n3)c2)c1=O. The molecule has 0 saturated heterocycles. The van der Waals surface area contributed by atoms with Gasteiger partial charge >= 0.3 is 0 Å². The summed E-state index contributed by atoms with van der Waals surface area (Å²) < 4.78 is 0. The van der Waals surface area contributed by atoms with Crippen molar-refractivity contribution in [3.8, 4) is 40.0 Å². The van der Waals surface area contributed by atoms with Crippen molar-refractivity contribution in [2.24, 2.45) is 0 Å².